The molecule has 0 radical (unpaired) electrons. The van der Waals surface area contributed by atoms with Crippen LogP contribution in [0.15, 0.2) is 12.1 Å². The molecule has 1 aromatic carbocycles. The van der Waals surface area contributed by atoms with Crippen molar-refractivity contribution in [2.45, 2.75) is 44.8 Å². The zero-order valence-corrected chi connectivity index (χ0v) is 11.8. The van der Waals surface area contributed by atoms with Crippen LogP contribution in [0, 0.1) is 17.5 Å². The molecule has 0 aromatic heterocycles. The van der Waals surface area contributed by atoms with Gasteiger partial charge in [-0.15, -0.1) is 0 Å². The van der Waals surface area contributed by atoms with Gasteiger partial charge in [-0.3, -0.25) is 0 Å². The second-order valence-corrected chi connectivity index (χ2v) is 5.94. The molecule has 1 aliphatic heterocycles. The molecule has 1 aromatic rings. The quantitative estimate of drug-likeness (QED) is 0.672. The molecule has 1 heterocycles. The van der Waals surface area contributed by atoms with Crippen molar-refractivity contribution in [3.8, 4) is 0 Å². The Bertz CT molecular complexity index is 521. The summed E-state index contributed by atoms with van der Waals surface area (Å²) in [6.07, 6.45) is 0. The molecule has 1 unspecified atom stereocenters. The van der Waals surface area contributed by atoms with Gasteiger partial charge >= 0.3 is 7.12 Å². The summed E-state index contributed by atoms with van der Waals surface area (Å²) < 4.78 is 51.5. The predicted octanol–water partition coefficient (Wildman–Crippen LogP) is 2.74. The molecule has 2 rings (SSSR count). The molecule has 1 aliphatic rings. The van der Waals surface area contributed by atoms with Crippen molar-refractivity contribution in [3.05, 3.63) is 35.1 Å². The van der Waals surface area contributed by atoms with Gasteiger partial charge in [0.2, 0.25) is 0 Å². The number of nitrogens with two attached hydrogens (primary N) is 1. The van der Waals surface area contributed by atoms with E-state index < -0.39 is 41.7 Å². The lowest BCUT2D eigenvalue weighted by molar-refractivity contribution is 0.00578. The lowest BCUT2D eigenvalue weighted by Gasteiger charge is -2.32. The average Bonchev–Trinajstić information content (AvgIpc) is 2.52. The molecule has 20 heavy (non-hydrogen) atoms. The highest BCUT2D eigenvalue weighted by molar-refractivity contribution is 6.47. The summed E-state index contributed by atoms with van der Waals surface area (Å²) in [4.78, 5) is 0. The van der Waals surface area contributed by atoms with E-state index >= 15 is 0 Å². The number of hydrogen-bond donors (Lipinski definition) is 1. The highest BCUT2D eigenvalue weighted by Crippen LogP contribution is 2.40. The Kier molecular flexibility index (Phi) is 3.65. The monoisotopic (exact) mass is 287 g/mol. The van der Waals surface area contributed by atoms with Gasteiger partial charge in [-0.2, -0.15) is 0 Å². The standard InChI is InChI=1S/C13H17BF3NO2/c1-12(2)13(3,4)20-14(19-12)11(18)8-5-7(15)6-9(16)10(8)17/h5-6,11H,18H2,1-4H3. The molecule has 1 saturated heterocycles. The maximum Gasteiger partial charge on any atom is 0.480 e. The van der Waals surface area contributed by atoms with E-state index in [9.17, 15) is 13.2 Å². The summed E-state index contributed by atoms with van der Waals surface area (Å²) >= 11 is 0. The molecule has 7 heteroatoms. The van der Waals surface area contributed by atoms with E-state index in [2.05, 4.69) is 0 Å². The number of benzene rings is 1. The minimum Gasteiger partial charge on any atom is -0.402 e. The molecule has 1 fully saturated rings. The van der Waals surface area contributed by atoms with E-state index in [0.717, 1.165) is 6.07 Å². The molecule has 3 nitrogen and oxygen atoms in total. The van der Waals surface area contributed by atoms with Gasteiger partial charge in [-0.1, -0.05) is 0 Å². The molecule has 0 bridgehead atoms. The molecule has 0 amide bonds. The van der Waals surface area contributed by atoms with Crippen LogP contribution in [-0.2, 0) is 9.31 Å². The van der Waals surface area contributed by atoms with E-state index in [4.69, 9.17) is 15.0 Å². The Hall–Kier alpha value is -1.05. The van der Waals surface area contributed by atoms with Gasteiger partial charge in [-0.05, 0) is 33.8 Å². The molecule has 0 spiro atoms. The van der Waals surface area contributed by atoms with Gasteiger partial charge in [0.05, 0.1) is 17.1 Å². The second kappa shape index (κ2) is 4.75. The van der Waals surface area contributed by atoms with Crippen molar-refractivity contribution in [3.63, 3.8) is 0 Å². The molecule has 0 aliphatic carbocycles. The third kappa shape index (κ3) is 2.45. The second-order valence-electron chi connectivity index (χ2n) is 5.94. The first-order valence-electron chi connectivity index (χ1n) is 6.31. The normalized spacial score (nSPS) is 22.1. The molecule has 110 valence electrons. The van der Waals surface area contributed by atoms with Crippen LogP contribution in [0.1, 0.15) is 39.2 Å². The minimum atomic E-state index is -1.29. The van der Waals surface area contributed by atoms with Crippen molar-refractivity contribution >= 4 is 7.12 Å². The van der Waals surface area contributed by atoms with Crippen molar-refractivity contribution in [2.75, 3.05) is 0 Å². The fraction of sp³-hybridized carbons (Fsp3) is 0.538. The van der Waals surface area contributed by atoms with E-state index in [1.807, 2.05) is 27.7 Å². The summed E-state index contributed by atoms with van der Waals surface area (Å²) in [6.45, 7) is 7.23. The number of rotatable bonds is 2. The van der Waals surface area contributed by atoms with Gasteiger partial charge in [-0.25, -0.2) is 13.2 Å². The van der Waals surface area contributed by atoms with Crippen LogP contribution in [0.2, 0.25) is 0 Å². The molecule has 0 saturated carbocycles. The SMILES string of the molecule is CC1(C)OB(C(N)c2cc(F)cc(F)c2F)OC1(C)C. The summed E-state index contributed by atoms with van der Waals surface area (Å²) in [6, 6.07) is 1.32. The first-order chi connectivity index (χ1) is 9.05. The fourth-order valence-electron chi connectivity index (χ4n) is 2.00. The topological polar surface area (TPSA) is 44.5 Å². The van der Waals surface area contributed by atoms with Gasteiger partial charge in [0.1, 0.15) is 5.82 Å². The van der Waals surface area contributed by atoms with E-state index in [1.54, 1.807) is 0 Å². The first kappa shape index (κ1) is 15.3. The zero-order valence-electron chi connectivity index (χ0n) is 11.8. The zero-order chi connectivity index (χ0) is 15.3. The van der Waals surface area contributed by atoms with Crippen LogP contribution in [0.25, 0.3) is 0 Å². The Labute approximate surface area is 116 Å². The van der Waals surface area contributed by atoms with Gasteiger partial charge < -0.3 is 15.0 Å². The predicted molar refractivity (Wildman–Crippen MR) is 69.3 cm³/mol. The van der Waals surface area contributed by atoms with Crippen LogP contribution in [0.4, 0.5) is 13.2 Å². The van der Waals surface area contributed by atoms with Crippen LogP contribution < -0.4 is 5.73 Å². The van der Waals surface area contributed by atoms with E-state index in [1.165, 1.54) is 0 Å². The lowest BCUT2D eigenvalue weighted by Crippen LogP contribution is -2.41. The Morgan fingerprint density at radius 1 is 1.05 bits per heavy atom. The smallest absolute Gasteiger partial charge is 0.402 e. The molecular formula is C13H17BF3NO2. The maximum atomic E-state index is 13.7. The van der Waals surface area contributed by atoms with E-state index in [-0.39, 0.29) is 5.56 Å². The summed E-state index contributed by atoms with van der Waals surface area (Å²) in [7, 11) is -0.976. The molecule has 1 atom stereocenters. The van der Waals surface area contributed by atoms with Crippen LogP contribution in [-0.4, -0.2) is 18.3 Å². The van der Waals surface area contributed by atoms with Crippen LogP contribution in [0.3, 0.4) is 0 Å². The van der Waals surface area contributed by atoms with Crippen molar-refractivity contribution < 1.29 is 22.5 Å². The Morgan fingerprint density at radius 2 is 1.55 bits per heavy atom. The van der Waals surface area contributed by atoms with Crippen molar-refractivity contribution in [1.82, 2.24) is 0 Å². The number of hydrogen-bond acceptors (Lipinski definition) is 3. The van der Waals surface area contributed by atoms with Gasteiger partial charge in [0, 0.05) is 11.6 Å². The lowest BCUT2D eigenvalue weighted by atomic mass is 9.74. The largest absolute Gasteiger partial charge is 0.480 e. The molecular weight excluding hydrogens is 270 g/mol. The van der Waals surface area contributed by atoms with Crippen LogP contribution >= 0.6 is 0 Å². The summed E-state index contributed by atoms with van der Waals surface area (Å²) in [5.74, 6) is -4.49. The summed E-state index contributed by atoms with van der Waals surface area (Å²) in [5, 5.41) is 0. The van der Waals surface area contributed by atoms with Crippen LogP contribution in [0.5, 0.6) is 0 Å². The summed E-state index contributed by atoms with van der Waals surface area (Å²) in [5.41, 5.74) is 4.24. The Morgan fingerprint density at radius 3 is 2.05 bits per heavy atom. The van der Waals surface area contributed by atoms with Gasteiger partial charge in [0.15, 0.2) is 11.6 Å². The third-order valence-corrected chi connectivity index (χ3v) is 3.94. The van der Waals surface area contributed by atoms with Gasteiger partial charge in [0.25, 0.3) is 0 Å². The third-order valence-electron chi connectivity index (χ3n) is 3.94. The highest BCUT2D eigenvalue weighted by Gasteiger charge is 2.53. The number of halogens is 3. The maximum absolute atomic E-state index is 13.7. The minimum absolute atomic E-state index is 0.305. The van der Waals surface area contributed by atoms with Crippen molar-refractivity contribution in [2.24, 2.45) is 5.73 Å². The van der Waals surface area contributed by atoms with E-state index in [0.29, 0.717) is 6.07 Å². The first-order valence-corrected chi connectivity index (χ1v) is 6.31. The van der Waals surface area contributed by atoms with Crippen molar-refractivity contribution in [1.29, 1.82) is 0 Å². The molecule has 2 N–H and O–H groups in total. The Balaban J connectivity index is 2.32. The average molecular weight is 287 g/mol. The highest BCUT2D eigenvalue weighted by atomic mass is 19.2. The fourth-order valence-corrected chi connectivity index (χ4v) is 2.00.